The standard InChI is InChI=1S/C31H35F5O/c1-2-3-4-5-6-21-7-11-23(12-8-21)25-16-17-27-26(20-25)15-14-24(30(27)33)13-9-22-10-18-29(28(32)19-22)37-31(34,35)36/h10,14-21,23H,2-9,11-13H2,1H3. The molecular formula is C31H35F5O. The predicted octanol–water partition coefficient (Wildman–Crippen LogP) is 10.0. The van der Waals surface area contributed by atoms with E-state index in [1.165, 1.54) is 69.4 Å². The van der Waals surface area contributed by atoms with Crippen LogP contribution >= 0.6 is 0 Å². The average Bonchev–Trinajstić information content (AvgIpc) is 2.87. The molecule has 0 bridgehead atoms. The first-order valence-electron chi connectivity index (χ1n) is 13.5. The first kappa shape index (κ1) is 27.4. The molecule has 1 nitrogen and oxygen atoms in total. The summed E-state index contributed by atoms with van der Waals surface area (Å²) in [5, 5.41) is 1.44. The fourth-order valence-corrected chi connectivity index (χ4v) is 5.63. The Morgan fingerprint density at radius 2 is 1.62 bits per heavy atom. The second-order valence-corrected chi connectivity index (χ2v) is 10.4. The molecule has 37 heavy (non-hydrogen) atoms. The number of fused-ring (bicyclic) bond motifs is 1. The van der Waals surface area contributed by atoms with Crippen molar-refractivity contribution in [3.63, 3.8) is 0 Å². The van der Waals surface area contributed by atoms with Crippen molar-refractivity contribution in [3.05, 3.63) is 76.9 Å². The van der Waals surface area contributed by atoms with E-state index >= 15 is 4.39 Å². The van der Waals surface area contributed by atoms with E-state index < -0.39 is 17.9 Å². The maximum atomic E-state index is 15.3. The third-order valence-corrected chi connectivity index (χ3v) is 7.75. The fraction of sp³-hybridized carbons (Fsp3) is 0.484. The van der Waals surface area contributed by atoms with Crippen LogP contribution < -0.4 is 4.74 Å². The maximum absolute atomic E-state index is 15.3. The zero-order chi connectivity index (χ0) is 26.4. The summed E-state index contributed by atoms with van der Waals surface area (Å²) in [6.45, 7) is 2.24. The fourth-order valence-electron chi connectivity index (χ4n) is 5.63. The van der Waals surface area contributed by atoms with Crippen LogP contribution in [0, 0.1) is 17.6 Å². The van der Waals surface area contributed by atoms with Gasteiger partial charge in [-0.25, -0.2) is 8.78 Å². The zero-order valence-electron chi connectivity index (χ0n) is 21.3. The second kappa shape index (κ2) is 12.3. The van der Waals surface area contributed by atoms with E-state index in [4.69, 9.17) is 0 Å². The van der Waals surface area contributed by atoms with Crippen molar-refractivity contribution in [3.8, 4) is 5.75 Å². The molecule has 1 aliphatic carbocycles. The molecule has 0 N–H and O–H groups in total. The molecule has 1 saturated carbocycles. The summed E-state index contributed by atoms with van der Waals surface area (Å²) < 4.78 is 70.0. The molecule has 0 unspecified atom stereocenters. The van der Waals surface area contributed by atoms with Gasteiger partial charge >= 0.3 is 6.36 Å². The molecule has 0 radical (unpaired) electrons. The summed E-state index contributed by atoms with van der Waals surface area (Å²) in [5.41, 5.74) is 2.25. The number of alkyl halides is 3. The van der Waals surface area contributed by atoms with Crippen LogP contribution in [-0.2, 0) is 12.8 Å². The van der Waals surface area contributed by atoms with Gasteiger partial charge in [0.25, 0.3) is 0 Å². The molecule has 3 aromatic rings. The summed E-state index contributed by atoms with van der Waals surface area (Å²) in [5.74, 6) is -0.887. The average molecular weight is 519 g/mol. The molecule has 0 aliphatic heterocycles. The number of rotatable bonds is 10. The van der Waals surface area contributed by atoms with Crippen LogP contribution in [0.15, 0.2) is 48.5 Å². The highest BCUT2D eigenvalue weighted by atomic mass is 19.4. The lowest BCUT2D eigenvalue weighted by atomic mass is 9.76. The van der Waals surface area contributed by atoms with Gasteiger partial charge in [-0.1, -0.05) is 75.4 Å². The van der Waals surface area contributed by atoms with Crippen LogP contribution in [0.5, 0.6) is 5.75 Å². The van der Waals surface area contributed by atoms with Crippen molar-refractivity contribution in [2.45, 2.75) is 89.8 Å². The lowest BCUT2D eigenvalue weighted by Gasteiger charge is -2.29. The molecule has 200 valence electrons. The summed E-state index contributed by atoms with van der Waals surface area (Å²) in [4.78, 5) is 0. The largest absolute Gasteiger partial charge is 0.573 e. The Bertz CT molecular complexity index is 1180. The van der Waals surface area contributed by atoms with Crippen molar-refractivity contribution in [2.24, 2.45) is 5.92 Å². The minimum Gasteiger partial charge on any atom is -0.403 e. The third-order valence-electron chi connectivity index (χ3n) is 7.75. The van der Waals surface area contributed by atoms with Gasteiger partial charge in [-0.2, -0.15) is 0 Å². The molecule has 0 atom stereocenters. The summed E-state index contributed by atoms with van der Waals surface area (Å²) in [6, 6.07) is 13.0. The van der Waals surface area contributed by atoms with Gasteiger partial charge in [0.05, 0.1) is 0 Å². The number of hydrogen-bond acceptors (Lipinski definition) is 1. The summed E-state index contributed by atoms with van der Waals surface area (Å²) in [6.07, 6.45) is 7.20. The van der Waals surface area contributed by atoms with Gasteiger partial charge < -0.3 is 4.74 Å². The lowest BCUT2D eigenvalue weighted by Crippen LogP contribution is -2.18. The van der Waals surface area contributed by atoms with E-state index in [-0.39, 0.29) is 5.82 Å². The van der Waals surface area contributed by atoms with Crippen LogP contribution in [0.25, 0.3) is 10.8 Å². The number of benzene rings is 3. The third kappa shape index (κ3) is 7.45. The zero-order valence-corrected chi connectivity index (χ0v) is 21.3. The predicted molar refractivity (Wildman–Crippen MR) is 138 cm³/mol. The van der Waals surface area contributed by atoms with Gasteiger partial charge in [-0.05, 0) is 84.6 Å². The van der Waals surface area contributed by atoms with Gasteiger partial charge in [0, 0.05) is 5.39 Å². The molecule has 0 heterocycles. The van der Waals surface area contributed by atoms with Crippen LogP contribution in [0.3, 0.4) is 0 Å². The van der Waals surface area contributed by atoms with Gasteiger partial charge in [-0.15, -0.1) is 13.2 Å². The molecule has 0 spiro atoms. The van der Waals surface area contributed by atoms with E-state index in [9.17, 15) is 17.6 Å². The van der Waals surface area contributed by atoms with E-state index in [1.807, 2.05) is 12.1 Å². The van der Waals surface area contributed by atoms with E-state index in [2.05, 4.69) is 23.8 Å². The first-order valence-corrected chi connectivity index (χ1v) is 13.5. The van der Waals surface area contributed by atoms with Gasteiger partial charge in [0.2, 0.25) is 0 Å². The summed E-state index contributed by atoms with van der Waals surface area (Å²) in [7, 11) is 0. The molecule has 1 aliphatic rings. The Hall–Kier alpha value is -2.63. The quantitative estimate of drug-likeness (QED) is 0.192. The number of aryl methyl sites for hydroxylation is 2. The number of hydrogen-bond donors (Lipinski definition) is 0. The van der Waals surface area contributed by atoms with Crippen molar-refractivity contribution in [2.75, 3.05) is 0 Å². The molecule has 1 fully saturated rings. The number of ether oxygens (including phenoxy) is 1. The molecule has 4 rings (SSSR count). The number of unbranched alkanes of at least 4 members (excludes halogenated alkanes) is 3. The molecule has 0 amide bonds. The number of halogens is 5. The van der Waals surface area contributed by atoms with Crippen molar-refractivity contribution in [1.82, 2.24) is 0 Å². The minimum absolute atomic E-state index is 0.294. The monoisotopic (exact) mass is 518 g/mol. The normalized spacial score (nSPS) is 18.3. The minimum atomic E-state index is -4.95. The molecule has 3 aromatic carbocycles. The Balaban J connectivity index is 1.36. The van der Waals surface area contributed by atoms with Gasteiger partial charge in [-0.3, -0.25) is 0 Å². The van der Waals surface area contributed by atoms with E-state index in [0.717, 1.165) is 23.4 Å². The van der Waals surface area contributed by atoms with Crippen molar-refractivity contribution in [1.29, 1.82) is 0 Å². The Kier molecular flexibility index (Phi) is 9.09. The lowest BCUT2D eigenvalue weighted by molar-refractivity contribution is -0.275. The highest BCUT2D eigenvalue weighted by Gasteiger charge is 2.32. The summed E-state index contributed by atoms with van der Waals surface area (Å²) >= 11 is 0. The molecule has 6 heteroatoms. The van der Waals surface area contributed by atoms with Crippen LogP contribution in [-0.4, -0.2) is 6.36 Å². The topological polar surface area (TPSA) is 9.23 Å². The molecular weight excluding hydrogens is 483 g/mol. The Morgan fingerprint density at radius 3 is 2.32 bits per heavy atom. The van der Waals surface area contributed by atoms with Gasteiger partial charge in [0.15, 0.2) is 11.6 Å². The van der Waals surface area contributed by atoms with Gasteiger partial charge in [0.1, 0.15) is 5.82 Å². The van der Waals surface area contributed by atoms with Crippen molar-refractivity contribution >= 4 is 10.8 Å². The first-order chi connectivity index (χ1) is 17.7. The Labute approximate surface area is 216 Å². The second-order valence-electron chi connectivity index (χ2n) is 10.4. The maximum Gasteiger partial charge on any atom is 0.573 e. The van der Waals surface area contributed by atoms with Crippen LogP contribution in [0.4, 0.5) is 22.0 Å². The SMILES string of the molecule is CCCCCCC1CCC(c2ccc3c(F)c(CCc4ccc(OC(F)(F)F)c(F)c4)ccc3c2)CC1. The van der Waals surface area contributed by atoms with Crippen LogP contribution in [0.2, 0.25) is 0 Å². The molecule has 0 aromatic heterocycles. The van der Waals surface area contributed by atoms with E-state index in [0.29, 0.717) is 35.3 Å². The van der Waals surface area contributed by atoms with Crippen LogP contribution in [0.1, 0.15) is 87.3 Å². The Morgan fingerprint density at radius 1 is 0.838 bits per heavy atom. The van der Waals surface area contributed by atoms with E-state index in [1.54, 1.807) is 6.07 Å². The highest BCUT2D eigenvalue weighted by molar-refractivity contribution is 5.84. The smallest absolute Gasteiger partial charge is 0.403 e. The highest BCUT2D eigenvalue weighted by Crippen LogP contribution is 2.39. The molecule has 0 saturated heterocycles. The van der Waals surface area contributed by atoms with Crippen molar-refractivity contribution < 1.29 is 26.7 Å².